The lowest BCUT2D eigenvalue weighted by atomic mass is 10.1. The van der Waals surface area contributed by atoms with Gasteiger partial charge in [0.15, 0.2) is 0 Å². The monoisotopic (exact) mass is 495 g/mol. The standard InChI is InChI=1S/C24H22ClN5O3S/c1-16-8-9-26-21(14-16)17-2-4-18(5-3-17)23(31)29-10-12-30(13-11-29)34(32,33)24-27-20-7-6-19(25)15-22(20)28-24/h2-9,14-15H,10-13H2,1H3,(H,27,28). The normalized spacial score (nSPS) is 15.1. The molecular formula is C24H22ClN5O3S. The molecular weight excluding hydrogens is 474 g/mol. The van der Waals surface area contributed by atoms with Gasteiger partial charge in [-0.2, -0.15) is 4.31 Å². The van der Waals surface area contributed by atoms with E-state index in [1.54, 1.807) is 41.4 Å². The smallest absolute Gasteiger partial charge is 0.276 e. The third-order valence-corrected chi connectivity index (χ3v) is 7.84. The molecule has 1 N–H and O–H groups in total. The van der Waals surface area contributed by atoms with Gasteiger partial charge in [0.05, 0.1) is 16.7 Å². The van der Waals surface area contributed by atoms with Crippen molar-refractivity contribution in [1.29, 1.82) is 0 Å². The van der Waals surface area contributed by atoms with Gasteiger partial charge in [-0.3, -0.25) is 9.78 Å². The van der Waals surface area contributed by atoms with E-state index in [1.807, 2.05) is 31.2 Å². The average Bonchev–Trinajstić information content (AvgIpc) is 3.28. The number of amides is 1. The second-order valence-electron chi connectivity index (χ2n) is 8.20. The van der Waals surface area contributed by atoms with Gasteiger partial charge >= 0.3 is 0 Å². The molecule has 4 aromatic rings. The lowest BCUT2D eigenvalue weighted by Crippen LogP contribution is -2.50. The van der Waals surface area contributed by atoms with Gasteiger partial charge in [-0.25, -0.2) is 13.4 Å². The lowest BCUT2D eigenvalue weighted by Gasteiger charge is -2.33. The molecule has 10 heteroatoms. The summed E-state index contributed by atoms with van der Waals surface area (Å²) < 4.78 is 27.5. The molecule has 34 heavy (non-hydrogen) atoms. The second kappa shape index (κ2) is 8.83. The van der Waals surface area contributed by atoms with Crippen LogP contribution in [-0.4, -0.2) is 64.7 Å². The summed E-state index contributed by atoms with van der Waals surface area (Å²) in [5.74, 6) is -0.126. The van der Waals surface area contributed by atoms with E-state index in [9.17, 15) is 13.2 Å². The molecule has 0 unspecified atom stereocenters. The Hall–Kier alpha value is -3.27. The van der Waals surface area contributed by atoms with Crippen LogP contribution in [-0.2, 0) is 10.0 Å². The highest BCUT2D eigenvalue weighted by Gasteiger charge is 2.32. The maximum atomic E-state index is 13.1. The van der Waals surface area contributed by atoms with Gasteiger partial charge in [-0.1, -0.05) is 23.7 Å². The molecule has 0 spiro atoms. The number of aromatic amines is 1. The third kappa shape index (κ3) is 4.29. The van der Waals surface area contributed by atoms with Gasteiger partial charge in [0.2, 0.25) is 5.16 Å². The van der Waals surface area contributed by atoms with Gasteiger partial charge in [-0.05, 0) is 55.0 Å². The average molecular weight is 496 g/mol. The highest BCUT2D eigenvalue weighted by atomic mass is 35.5. The Morgan fingerprint density at radius 3 is 2.44 bits per heavy atom. The molecule has 1 saturated heterocycles. The molecule has 0 bridgehead atoms. The molecule has 1 amide bonds. The van der Waals surface area contributed by atoms with E-state index in [2.05, 4.69) is 15.0 Å². The first-order valence-electron chi connectivity index (χ1n) is 10.8. The second-order valence-corrected chi connectivity index (χ2v) is 10.5. The minimum Gasteiger partial charge on any atom is -0.336 e. The number of piperazine rings is 1. The van der Waals surface area contributed by atoms with Crippen LogP contribution in [0.4, 0.5) is 0 Å². The molecule has 0 atom stereocenters. The van der Waals surface area contributed by atoms with Crippen molar-refractivity contribution in [3.05, 3.63) is 76.9 Å². The van der Waals surface area contributed by atoms with Crippen LogP contribution in [0.5, 0.6) is 0 Å². The fraction of sp³-hybridized carbons (Fsp3) is 0.208. The molecule has 0 radical (unpaired) electrons. The molecule has 1 aliphatic rings. The predicted molar refractivity (Wildman–Crippen MR) is 130 cm³/mol. The van der Waals surface area contributed by atoms with E-state index in [-0.39, 0.29) is 24.2 Å². The summed E-state index contributed by atoms with van der Waals surface area (Å²) in [4.78, 5) is 26.1. The minimum absolute atomic E-state index is 0.120. The molecule has 8 nitrogen and oxygen atoms in total. The Labute approximate surface area is 202 Å². The zero-order valence-electron chi connectivity index (χ0n) is 18.4. The number of pyridine rings is 1. The number of aromatic nitrogens is 3. The van der Waals surface area contributed by atoms with E-state index in [4.69, 9.17) is 11.6 Å². The van der Waals surface area contributed by atoms with Crippen LogP contribution < -0.4 is 0 Å². The number of hydrogen-bond acceptors (Lipinski definition) is 5. The number of aryl methyl sites for hydroxylation is 1. The SMILES string of the molecule is Cc1ccnc(-c2ccc(C(=O)N3CCN(S(=O)(=O)c4nc5ccc(Cl)cc5[nH]4)CC3)cc2)c1. The highest BCUT2D eigenvalue weighted by molar-refractivity contribution is 7.89. The number of nitrogens with one attached hydrogen (secondary N) is 1. The summed E-state index contributed by atoms with van der Waals surface area (Å²) in [5.41, 5.74) is 4.55. The number of halogens is 1. The van der Waals surface area contributed by atoms with Crippen LogP contribution in [0, 0.1) is 6.92 Å². The maximum Gasteiger partial charge on any atom is 0.276 e. The van der Waals surface area contributed by atoms with Crippen molar-refractivity contribution in [2.75, 3.05) is 26.2 Å². The summed E-state index contributed by atoms with van der Waals surface area (Å²) in [6.07, 6.45) is 1.76. The minimum atomic E-state index is -3.81. The number of H-pyrrole nitrogens is 1. The number of sulfonamides is 1. The molecule has 0 aliphatic carbocycles. The molecule has 0 saturated carbocycles. The van der Waals surface area contributed by atoms with E-state index in [0.717, 1.165) is 16.8 Å². The molecule has 1 aliphatic heterocycles. The lowest BCUT2D eigenvalue weighted by molar-refractivity contribution is 0.0697. The van der Waals surface area contributed by atoms with E-state index in [1.165, 1.54) is 4.31 Å². The predicted octanol–water partition coefficient (Wildman–Crippen LogP) is 3.73. The maximum absolute atomic E-state index is 13.1. The van der Waals surface area contributed by atoms with Crippen LogP contribution in [0.2, 0.25) is 5.02 Å². The van der Waals surface area contributed by atoms with Crippen molar-refractivity contribution in [2.45, 2.75) is 12.1 Å². The van der Waals surface area contributed by atoms with Gasteiger partial charge < -0.3 is 9.88 Å². The molecule has 2 aromatic carbocycles. The quantitative estimate of drug-likeness (QED) is 0.465. The summed E-state index contributed by atoms with van der Waals surface area (Å²) in [6.45, 7) is 2.98. The van der Waals surface area contributed by atoms with Crippen molar-refractivity contribution in [3.8, 4) is 11.3 Å². The zero-order chi connectivity index (χ0) is 23.9. The summed E-state index contributed by atoms with van der Waals surface area (Å²) >= 11 is 5.98. The number of carbonyl (C=O) groups is 1. The summed E-state index contributed by atoms with van der Waals surface area (Å²) in [6, 6.07) is 16.2. The largest absolute Gasteiger partial charge is 0.336 e. The summed E-state index contributed by atoms with van der Waals surface area (Å²) in [5, 5.41) is 0.375. The fourth-order valence-electron chi connectivity index (χ4n) is 3.99. The first-order chi connectivity index (χ1) is 16.3. The van der Waals surface area contributed by atoms with Crippen molar-refractivity contribution in [1.82, 2.24) is 24.2 Å². The van der Waals surface area contributed by atoms with Crippen molar-refractivity contribution in [3.63, 3.8) is 0 Å². The Kier molecular flexibility index (Phi) is 5.85. The third-order valence-electron chi connectivity index (χ3n) is 5.88. The van der Waals surface area contributed by atoms with E-state index < -0.39 is 10.0 Å². The Morgan fingerprint density at radius 1 is 1.00 bits per heavy atom. The molecule has 1 fully saturated rings. The topological polar surface area (TPSA) is 99.3 Å². The van der Waals surface area contributed by atoms with Crippen LogP contribution in [0.1, 0.15) is 15.9 Å². The number of nitrogens with zero attached hydrogens (tertiary/aromatic N) is 4. The Balaban J connectivity index is 1.26. The number of fused-ring (bicyclic) bond motifs is 1. The van der Waals surface area contributed by atoms with E-state index >= 15 is 0 Å². The number of carbonyl (C=O) groups excluding carboxylic acids is 1. The first kappa shape index (κ1) is 22.5. The fourth-order valence-corrected chi connectivity index (χ4v) is 5.51. The van der Waals surface area contributed by atoms with Gasteiger partial charge in [0.25, 0.3) is 15.9 Å². The Bertz CT molecular complexity index is 1480. The zero-order valence-corrected chi connectivity index (χ0v) is 20.0. The van der Waals surface area contributed by atoms with Gasteiger partial charge in [-0.15, -0.1) is 0 Å². The highest BCUT2D eigenvalue weighted by Crippen LogP contribution is 2.23. The molecule has 2 aromatic heterocycles. The number of imidazole rings is 1. The van der Waals surface area contributed by atoms with Gasteiger partial charge in [0.1, 0.15) is 0 Å². The van der Waals surface area contributed by atoms with Crippen LogP contribution in [0.15, 0.2) is 66.0 Å². The Morgan fingerprint density at radius 2 is 1.74 bits per heavy atom. The van der Waals surface area contributed by atoms with Crippen molar-refractivity contribution >= 4 is 38.6 Å². The van der Waals surface area contributed by atoms with Crippen LogP contribution in [0.25, 0.3) is 22.3 Å². The first-order valence-corrected chi connectivity index (χ1v) is 12.6. The van der Waals surface area contributed by atoms with Crippen LogP contribution in [0.3, 0.4) is 0 Å². The molecule has 174 valence electrons. The summed E-state index contributed by atoms with van der Waals surface area (Å²) in [7, 11) is -3.81. The number of rotatable bonds is 4. The number of benzene rings is 2. The van der Waals surface area contributed by atoms with E-state index in [0.29, 0.717) is 34.7 Å². The van der Waals surface area contributed by atoms with Gasteiger partial charge in [0, 0.05) is 48.5 Å². The molecule has 5 rings (SSSR count). The van der Waals surface area contributed by atoms with Crippen LogP contribution >= 0.6 is 11.6 Å². The van der Waals surface area contributed by atoms with Crippen molar-refractivity contribution in [2.24, 2.45) is 0 Å². The molecule has 3 heterocycles. The van der Waals surface area contributed by atoms with Crippen molar-refractivity contribution < 1.29 is 13.2 Å². The number of hydrogen-bond donors (Lipinski definition) is 1.